The molecule has 1 rings (SSSR count). The van der Waals surface area contributed by atoms with Crippen LogP contribution in [0.1, 0.15) is 111 Å². The zero-order valence-electron chi connectivity index (χ0n) is 17.2. The second kappa shape index (κ2) is 11.5. The first-order valence-corrected chi connectivity index (χ1v) is 11.9. The van der Waals surface area contributed by atoms with E-state index in [-0.39, 0.29) is 5.41 Å². The summed E-state index contributed by atoms with van der Waals surface area (Å²) in [6.45, 7) is 8.95. The van der Waals surface area contributed by atoms with Crippen molar-refractivity contribution in [3.05, 3.63) is 0 Å². The highest BCUT2D eigenvalue weighted by molar-refractivity contribution is 8.01. The Morgan fingerprint density at radius 3 is 1.92 bits per heavy atom. The Morgan fingerprint density at radius 2 is 1.44 bits per heavy atom. The third-order valence-electron chi connectivity index (χ3n) is 6.49. The number of carboxylic acids is 1. The lowest BCUT2D eigenvalue weighted by molar-refractivity contribution is -0.147. The third kappa shape index (κ3) is 5.17. The number of hydrogen-bond acceptors (Lipinski definition) is 2. The van der Waals surface area contributed by atoms with Crippen LogP contribution < -0.4 is 0 Å². The number of rotatable bonds is 13. The van der Waals surface area contributed by atoms with Crippen molar-refractivity contribution in [3.63, 3.8) is 0 Å². The summed E-state index contributed by atoms with van der Waals surface area (Å²) in [6, 6.07) is 0. The van der Waals surface area contributed by atoms with Gasteiger partial charge in [0.15, 0.2) is 0 Å². The first-order chi connectivity index (χ1) is 12.0. The van der Waals surface area contributed by atoms with Crippen molar-refractivity contribution in [2.24, 2.45) is 11.3 Å². The van der Waals surface area contributed by atoms with Gasteiger partial charge in [0.1, 0.15) is 4.75 Å². The lowest BCUT2D eigenvalue weighted by Gasteiger charge is -2.56. The largest absolute Gasteiger partial charge is 0.480 e. The number of thioether (sulfide) groups is 1. The quantitative estimate of drug-likeness (QED) is 0.369. The minimum absolute atomic E-state index is 0.00187. The minimum atomic E-state index is -0.552. The predicted octanol–water partition coefficient (Wildman–Crippen LogP) is 7.31. The van der Waals surface area contributed by atoms with Gasteiger partial charge in [-0.3, -0.25) is 4.79 Å². The molecule has 1 aliphatic heterocycles. The topological polar surface area (TPSA) is 37.3 Å². The van der Waals surface area contributed by atoms with Gasteiger partial charge in [-0.15, -0.1) is 11.8 Å². The highest BCUT2D eigenvalue weighted by Gasteiger charge is 2.60. The van der Waals surface area contributed by atoms with Crippen LogP contribution >= 0.6 is 11.8 Å². The Kier molecular flexibility index (Phi) is 10.5. The second-order valence-electron chi connectivity index (χ2n) is 8.08. The lowest BCUT2D eigenvalue weighted by atomic mass is 9.57. The maximum Gasteiger partial charge on any atom is 0.320 e. The molecule has 1 saturated heterocycles. The van der Waals surface area contributed by atoms with Gasteiger partial charge in [0, 0.05) is 0 Å². The van der Waals surface area contributed by atoms with E-state index in [0.29, 0.717) is 5.92 Å². The molecule has 0 saturated carbocycles. The van der Waals surface area contributed by atoms with Crippen LogP contribution in [-0.2, 0) is 4.79 Å². The van der Waals surface area contributed by atoms with Gasteiger partial charge in [-0.25, -0.2) is 0 Å². The van der Waals surface area contributed by atoms with E-state index in [2.05, 4.69) is 27.7 Å². The van der Waals surface area contributed by atoms with Gasteiger partial charge < -0.3 is 5.11 Å². The maximum absolute atomic E-state index is 12.7. The van der Waals surface area contributed by atoms with Crippen LogP contribution in [0.15, 0.2) is 0 Å². The molecule has 1 fully saturated rings. The Bertz CT molecular complexity index is 374. The molecule has 2 atom stereocenters. The molecule has 148 valence electrons. The Hall–Kier alpha value is -0.180. The van der Waals surface area contributed by atoms with Crippen molar-refractivity contribution >= 4 is 17.7 Å². The smallest absolute Gasteiger partial charge is 0.320 e. The van der Waals surface area contributed by atoms with E-state index in [4.69, 9.17) is 0 Å². The third-order valence-corrected chi connectivity index (χ3v) is 8.21. The van der Waals surface area contributed by atoms with Crippen LogP contribution in [0, 0.1) is 11.3 Å². The number of unbranched alkanes of at least 4 members (excludes halogenated alkanes) is 4. The lowest BCUT2D eigenvalue weighted by Crippen LogP contribution is -2.58. The predicted molar refractivity (Wildman–Crippen MR) is 111 cm³/mol. The van der Waals surface area contributed by atoms with E-state index in [9.17, 15) is 9.90 Å². The van der Waals surface area contributed by atoms with Gasteiger partial charge in [-0.05, 0) is 49.2 Å². The molecule has 0 spiro atoms. The molecule has 0 bridgehead atoms. The molecule has 2 unspecified atom stereocenters. The molecule has 25 heavy (non-hydrogen) atoms. The molecule has 3 heteroatoms. The summed E-state index contributed by atoms with van der Waals surface area (Å²) in [5, 5.41) is 10.5. The molecule has 0 radical (unpaired) electrons. The highest BCUT2D eigenvalue weighted by atomic mass is 32.2. The SMILES string of the molecule is CCCCC1CCSC(CCCC)(C(=O)O)C1(CCCC)CCCC. The molecule has 1 aliphatic rings. The molecule has 2 nitrogen and oxygen atoms in total. The van der Waals surface area contributed by atoms with Crippen molar-refractivity contribution in [2.75, 3.05) is 5.75 Å². The van der Waals surface area contributed by atoms with E-state index in [0.717, 1.165) is 37.9 Å². The molecule has 0 aliphatic carbocycles. The average Bonchev–Trinajstić information content (AvgIpc) is 2.62. The summed E-state index contributed by atoms with van der Waals surface area (Å²) >= 11 is 1.80. The van der Waals surface area contributed by atoms with Gasteiger partial charge in [-0.2, -0.15) is 0 Å². The summed E-state index contributed by atoms with van der Waals surface area (Å²) < 4.78 is -0.552. The van der Waals surface area contributed by atoms with Gasteiger partial charge in [0.2, 0.25) is 0 Å². The fraction of sp³-hybridized carbons (Fsp3) is 0.955. The molecular formula is C22H42O2S. The van der Waals surface area contributed by atoms with Crippen molar-refractivity contribution in [1.29, 1.82) is 0 Å². The number of hydrogen-bond donors (Lipinski definition) is 1. The summed E-state index contributed by atoms with van der Waals surface area (Å²) in [5.74, 6) is 1.11. The number of carboxylic acid groups (broad SMARTS) is 1. The van der Waals surface area contributed by atoms with E-state index in [1.807, 2.05) is 0 Å². The van der Waals surface area contributed by atoms with Gasteiger partial charge in [0.25, 0.3) is 0 Å². The zero-order valence-corrected chi connectivity index (χ0v) is 18.1. The minimum Gasteiger partial charge on any atom is -0.480 e. The van der Waals surface area contributed by atoms with Crippen molar-refractivity contribution in [1.82, 2.24) is 0 Å². The normalized spacial score (nSPS) is 25.8. The highest BCUT2D eigenvalue weighted by Crippen LogP contribution is 2.61. The van der Waals surface area contributed by atoms with Gasteiger partial charge in [0.05, 0.1) is 0 Å². The van der Waals surface area contributed by atoms with Crippen LogP contribution in [0.3, 0.4) is 0 Å². The molecule has 0 aromatic rings. The average molecular weight is 371 g/mol. The van der Waals surface area contributed by atoms with Crippen LogP contribution in [-0.4, -0.2) is 21.6 Å². The Labute approximate surface area is 160 Å². The van der Waals surface area contributed by atoms with E-state index >= 15 is 0 Å². The Balaban J connectivity index is 3.34. The second-order valence-corrected chi connectivity index (χ2v) is 9.47. The van der Waals surface area contributed by atoms with Crippen molar-refractivity contribution < 1.29 is 9.90 Å². The van der Waals surface area contributed by atoms with Gasteiger partial charge >= 0.3 is 5.97 Å². The summed E-state index contributed by atoms with van der Waals surface area (Å²) in [4.78, 5) is 12.7. The summed E-state index contributed by atoms with van der Waals surface area (Å²) in [7, 11) is 0. The number of aliphatic carboxylic acids is 1. The van der Waals surface area contributed by atoms with Crippen molar-refractivity contribution in [2.45, 2.75) is 116 Å². The molecular weight excluding hydrogens is 328 g/mol. The Morgan fingerprint density at radius 1 is 0.920 bits per heavy atom. The van der Waals surface area contributed by atoms with Crippen LogP contribution in [0.25, 0.3) is 0 Å². The van der Waals surface area contributed by atoms with E-state index in [1.54, 1.807) is 11.8 Å². The van der Waals surface area contributed by atoms with E-state index < -0.39 is 10.7 Å². The fourth-order valence-electron chi connectivity index (χ4n) is 5.05. The first-order valence-electron chi connectivity index (χ1n) is 10.9. The molecule has 1 heterocycles. The standard InChI is InChI=1S/C22H42O2S/c1-5-9-13-19-14-18-25-22(20(23)24,17-12-8-4)21(19,15-10-6-2)16-11-7-3/h19H,5-18H2,1-4H3,(H,23,24). The molecule has 0 amide bonds. The number of carbonyl (C=O) groups is 1. The summed E-state index contributed by atoms with van der Waals surface area (Å²) in [6.07, 6.45) is 14.8. The van der Waals surface area contributed by atoms with Crippen LogP contribution in [0.4, 0.5) is 0 Å². The fourth-order valence-corrected chi connectivity index (χ4v) is 6.87. The first kappa shape index (κ1) is 22.9. The monoisotopic (exact) mass is 370 g/mol. The maximum atomic E-state index is 12.7. The van der Waals surface area contributed by atoms with Crippen LogP contribution in [0.5, 0.6) is 0 Å². The van der Waals surface area contributed by atoms with Crippen molar-refractivity contribution in [3.8, 4) is 0 Å². The molecule has 0 aromatic heterocycles. The van der Waals surface area contributed by atoms with Crippen LogP contribution in [0.2, 0.25) is 0 Å². The van der Waals surface area contributed by atoms with E-state index in [1.165, 1.54) is 51.4 Å². The van der Waals surface area contributed by atoms with Gasteiger partial charge in [-0.1, -0.05) is 79.1 Å². The molecule has 0 aromatic carbocycles. The zero-order chi connectivity index (χ0) is 18.8. The molecule has 1 N–H and O–H groups in total. The summed E-state index contributed by atoms with van der Waals surface area (Å²) in [5.41, 5.74) is -0.00187.